The number of nitrogens with two attached hydrogens (primary N) is 1. The molecule has 0 unspecified atom stereocenters. The topological polar surface area (TPSA) is 60.9 Å². The summed E-state index contributed by atoms with van der Waals surface area (Å²) in [7, 11) is 0. The Morgan fingerprint density at radius 2 is 2.21 bits per heavy atom. The molecule has 0 aliphatic rings. The van der Waals surface area contributed by atoms with Gasteiger partial charge < -0.3 is 5.73 Å². The van der Waals surface area contributed by atoms with E-state index in [1.54, 1.807) is 18.2 Å². The van der Waals surface area contributed by atoms with Crippen LogP contribution in [0.15, 0.2) is 40.8 Å². The highest BCUT2D eigenvalue weighted by Crippen LogP contribution is 2.17. The van der Waals surface area contributed by atoms with Crippen molar-refractivity contribution in [1.29, 1.82) is 0 Å². The number of hydrogen-bond acceptors (Lipinski definition) is 4. The molecule has 6 heteroatoms. The molecule has 0 bridgehead atoms. The molecule has 2 aromatic heterocycles. The Kier molecular flexibility index (Phi) is 2.79. The summed E-state index contributed by atoms with van der Waals surface area (Å²) in [6, 6.07) is 6.48. The summed E-state index contributed by atoms with van der Waals surface area (Å²) in [5.41, 5.74) is 5.79. The molecule has 0 atom stereocenters. The molecule has 0 fully saturated rings. The highest BCUT2D eigenvalue weighted by atomic mass is 32.1. The molecule has 0 saturated carbocycles. The van der Waals surface area contributed by atoms with Crippen molar-refractivity contribution in [3.8, 4) is 0 Å². The first-order chi connectivity index (χ1) is 9.16. The smallest absolute Gasteiger partial charge is 0.262 e. The molecule has 1 aromatic carbocycles. The minimum atomic E-state index is -0.486. The van der Waals surface area contributed by atoms with Crippen molar-refractivity contribution in [3.63, 3.8) is 0 Å². The predicted molar refractivity (Wildman–Crippen MR) is 73.8 cm³/mol. The van der Waals surface area contributed by atoms with Crippen LogP contribution in [-0.2, 0) is 6.54 Å². The third kappa shape index (κ3) is 2.00. The number of halogens is 1. The van der Waals surface area contributed by atoms with Crippen LogP contribution in [0.3, 0.4) is 0 Å². The standard InChI is InChI=1S/C13H10FN3OS/c14-11-8(2-1-3-10(11)15)6-17-7-16-12-9(13(17)18)4-5-19-12/h1-5,7H,6,15H2. The zero-order valence-electron chi connectivity index (χ0n) is 9.84. The highest BCUT2D eigenvalue weighted by molar-refractivity contribution is 7.16. The van der Waals surface area contributed by atoms with Gasteiger partial charge in [-0.3, -0.25) is 9.36 Å². The van der Waals surface area contributed by atoms with Gasteiger partial charge in [0.25, 0.3) is 5.56 Å². The van der Waals surface area contributed by atoms with Crippen molar-refractivity contribution < 1.29 is 4.39 Å². The number of nitrogen functional groups attached to an aromatic ring is 1. The lowest BCUT2D eigenvalue weighted by molar-refractivity contribution is 0.600. The second kappa shape index (κ2) is 4.47. The number of nitrogens with zero attached hydrogens (tertiary/aromatic N) is 2. The third-order valence-corrected chi connectivity index (χ3v) is 3.72. The molecule has 4 nitrogen and oxygen atoms in total. The number of benzene rings is 1. The van der Waals surface area contributed by atoms with Crippen LogP contribution < -0.4 is 11.3 Å². The van der Waals surface area contributed by atoms with Crippen LogP contribution in [0.25, 0.3) is 10.2 Å². The third-order valence-electron chi connectivity index (χ3n) is 2.90. The fraction of sp³-hybridized carbons (Fsp3) is 0.0769. The van der Waals surface area contributed by atoms with Crippen LogP contribution >= 0.6 is 11.3 Å². The van der Waals surface area contributed by atoms with E-state index in [9.17, 15) is 9.18 Å². The van der Waals surface area contributed by atoms with Crippen LogP contribution in [0, 0.1) is 5.82 Å². The van der Waals surface area contributed by atoms with E-state index in [0.29, 0.717) is 15.8 Å². The van der Waals surface area contributed by atoms with Crippen LogP contribution in [0.2, 0.25) is 0 Å². The maximum Gasteiger partial charge on any atom is 0.262 e. The van der Waals surface area contributed by atoms with Gasteiger partial charge in [0.2, 0.25) is 0 Å². The molecule has 0 spiro atoms. The van der Waals surface area contributed by atoms with Crippen molar-refractivity contribution in [2.24, 2.45) is 0 Å². The van der Waals surface area contributed by atoms with Crippen molar-refractivity contribution in [2.75, 3.05) is 5.73 Å². The Morgan fingerprint density at radius 1 is 1.37 bits per heavy atom. The molecule has 0 aliphatic carbocycles. The Morgan fingerprint density at radius 3 is 3.05 bits per heavy atom. The SMILES string of the molecule is Nc1cccc(Cn2cnc3sccc3c2=O)c1F. The summed E-state index contributed by atoms with van der Waals surface area (Å²) in [6.45, 7) is 0.120. The molecule has 0 aliphatic heterocycles. The lowest BCUT2D eigenvalue weighted by atomic mass is 10.2. The molecule has 0 radical (unpaired) electrons. The fourth-order valence-corrected chi connectivity index (χ4v) is 2.63. The number of fused-ring (bicyclic) bond motifs is 1. The van der Waals surface area contributed by atoms with Gasteiger partial charge in [-0.1, -0.05) is 12.1 Å². The van der Waals surface area contributed by atoms with Gasteiger partial charge in [-0.05, 0) is 17.5 Å². The Bertz CT molecular complexity index is 809. The normalized spacial score (nSPS) is 11.0. The summed E-state index contributed by atoms with van der Waals surface area (Å²) in [5, 5.41) is 2.36. The Balaban J connectivity index is 2.08. The monoisotopic (exact) mass is 275 g/mol. The first kappa shape index (κ1) is 11.9. The van der Waals surface area contributed by atoms with E-state index in [-0.39, 0.29) is 17.8 Å². The summed E-state index contributed by atoms with van der Waals surface area (Å²) in [5.74, 6) is -0.486. The number of thiophene rings is 1. The maximum atomic E-state index is 13.8. The van der Waals surface area contributed by atoms with Crippen molar-refractivity contribution >= 4 is 27.2 Å². The first-order valence-electron chi connectivity index (χ1n) is 5.62. The van der Waals surface area contributed by atoms with Gasteiger partial charge >= 0.3 is 0 Å². The van der Waals surface area contributed by atoms with E-state index in [2.05, 4.69) is 4.98 Å². The van der Waals surface area contributed by atoms with Gasteiger partial charge in [0.05, 0.1) is 23.9 Å². The number of rotatable bonds is 2. The van der Waals surface area contributed by atoms with Gasteiger partial charge in [0, 0.05) is 5.56 Å². The average Bonchev–Trinajstić information content (AvgIpc) is 2.87. The van der Waals surface area contributed by atoms with E-state index in [1.807, 2.05) is 5.38 Å². The minimum Gasteiger partial charge on any atom is -0.396 e. The van der Waals surface area contributed by atoms with Crippen LogP contribution in [0.1, 0.15) is 5.56 Å². The van der Waals surface area contributed by atoms with Gasteiger partial charge in [0.15, 0.2) is 5.82 Å². The van der Waals surface area contributed by atoms with Crippen LogP contribution in [0.5, 0.6) is 0 Å². The van der Waals surface area contributed by atoms with Crippen LogP contribution in [0.4, 0.5) is 10.1 Å². The summed E-state index contributed by atoms with van der Waals surface area (Å²) >= 11 is 1.40. The molecular formula is C13H10FN3OS. The lowest BCUT2D eigenvalue weighted by Gasteiger charge is -2.07. The fourth-order valence-electron chi connectivity index (χ4n) is 1.91. The van der Waals surface area contributed by atoms with Gasteiger partial charge in [-0.25, -0.2) is 9.37 Å². The van der Waals surface area contributed by atoms with E-state index in [1.165, 1.54) is 28.3 Å². The Labute approximate surface area is 111 Å². The number of anilines is 1. The van der Waals surface area contributed by atoms with Crippen molar-refractivity contribution in [2.45, 2.75) is 6.54 Å². The molecule has 3 rings (SSSR count). The predicted octanol–water partition coefficient (Wildman–Crippen LogP) is 2.23. The molecule has 96 valence electrons. The van der Waals surface area contributed by atoms with Crippen LogP contribution in [-0.4, -0.2) is 9.55 Å². The lowest BCUT2D eigenvalue weighted by Crippen LogP contribution is -2.21. The molecule has 2 heterocycles. The summed E-state index contributed by atoms with van der Waals surface area (Å²) < 4.78 is 15.2. The zero-order valence-corrected chi connectivity index (χ0v) is 10.7. The van der Waals surface area contributed by atoms with Crippen molar-refractivity contribution in [1.82, 2.24) is 9.55 Å². The molecule has 0 saturated heterocycles. The van der Waals surface area contributed by atoms with E-state index < -0.39 is 5.82 Å². The molecule has 0 amide bonds. The van der Waals surface area contributed by atoms with Gasteiger partial charge in [-0.2, -0.15) is 0 Å². The zero-order chi connectivity index (χ0) is 13.4. The largest absolute Gasteiger partial charge is 0.396 e. The second-order valence-electron chi connectivity index (χ2n) is 4.14. The minimum absolute atomic E-state index is 0.0788. The van der Waals surface area contributed by atoms with Gasteiger partial charge in [-0.15, -0.1) is 11.3 Å². The number of hydrogen-bond donors (Lipinski definition) is 1. The first-order valence-corrected chi connectivity index (χ1v) is 6.50. The molecule has 3 aromatic rings. The second-order valence-corrected chi connectivity index (χ2v) is 5.03. The average molecular weight is 275 g/mol. The molecule has 19 heavy (non-hydrogen) atoms. The maximum absolute atomic E-state index is 13.8. The highest BCUT2D eigenvalue weighted by Gasteiger charge is 2.09. The van der Waals surface area contributed by atoms with Crippen molar-refractivity contribution in [3.05, 3.63) is 57.7 Å². The summed E-state index contributed by atoms with van der Waals surface area (Å²) in [6.07, 6.45) is 1.43. The molecule has 2 N–H and O–H groups in total. The molecular weight excluding hydrogens is 265 g/mol. The summed E-state index contributed by atoms with van der Waals surface area (Å²) in [4.78, 5) is 17.0. The van der Waals surface area contributed by atoms with E-state index in [4.69, 9.17) is 5.73 Å². The quantitative estimate of drug-likeness (QED) is 0.729. The number of aromatic nitrogens is 2. The van der Waals surface area contributed by atoms with E-state index >= 15 is 0 Å². The van der Waals surface area contributed by atoms with E-state index in [0.717, 1.165) is 0 Å². The Hall–Kier alpha value is -2.21. The van der Waals surface area contributed by atoms with Gasteiger partial charge in [0.1, 0.15) is 4.83 Å².